The third kappa shape index (κ3) is 5.82. The molecule has 0 amide bonds. The number of aromatic nitrogens is 2. The molecule has 1 heterocycles. The molecule has 164 valence electrons. The molecular formula is C22H29BrCl2N4O. The molecule has 0 aliphatic rings. The average molecular weight is 516 g/mol. The van der Waals surface area contributed by atoms with E-state index in [9.17, 15) is 0 Å². The van der Waals surface area contributed by atoms with Gasteiger partial charge in [-0.1, -0.05) is 49.2 Å². The Labute approximate surface area is 198 Å². The maximum atomic E-state index is 8.72. The Hall–Kier alpha value is -1.47. The Morgan fingerprint density at radius 3 is 2.20 bits per heavy atom. The van der Waals surface area contributed by atoms with Gasteiger partial charge in [0.05, 0.1) is 22.7 Å². The van der Waals surface area contributed by atoms with Crippen LogP contribution < -0.4 is 10.4 Å². The lowest BCUT2D eigenvalue weighted by molar-refractivity contribution is 0.287. The highest BCUT2D eigenvalue weighted by Gasteiger charge is 2.11. The van der Waals surface area contributed by atoms with E-state index >= 15 is 0 Å². The molecule has 0 radical (unpaired) electrons. The van der Waals surface area contributed by atoms with Crippen molar-refractivity contribution in [1.82, 2.24) is 14.0 Å². The van der Waals surface area contributed by atoms with Crippen LogP contribution in [0.3, 0.4) is 0 Å². The molecular weight excluding hydrogens is 487 g/mol. The molecule has 0 aliphatic heterocycles. The quantitative estimate of drug-likeness (QED) is 0.356. The summed E-state index contributed by atoms with van der Waals surface area (Å²) in [7, 11) is 0. The summed E-state index contributed by atoms with van der Waals surface area (Å²) < 4.78 is 9.96. The van der Waals surface area contributed by atoms with Crippen LogP contribution in [-0.2, 0) is 13.1 Å². The lowest BCUT2D eigenvalue weighted by Crippen LogP contribution is -2.32. The molecule has 0 bridgehead atoms. The van der Waals surface area contributed by atoms with Gasteiger partial charge in [0.15, 0.2) is 0 Å². The van der Waals surface area contributed by atoms with Crippen molar-refractivity contribution in [2.75, 3.05) is 26.2 Å². The van der Waals surface area contributed by atoms with E-state index in [-0.39, 0.29) is 17.0 Å². The summed E-state index contributed by atoms with van der Waals surface area (Å²) in [4.78, 5) is 2.38. The number of rotatable bonds is 10. The molecule has 0 saturated carbocycles. The number of aryl methyl sites for hydroxylation is 1. The molecule has 0 unspecified atom stereocenters. The summed E-state index contributed by atoms with van der Waals surface area (Å²) in [5.41, 5.74) is 2.72. The number of hydrogen-bond acceptors (Lipinski definition) is 3. The van der Waals surface area contributed by atoms with Gasteiger partial charge in [0.1, 0.15) is 5.75 Å². The van der Waals surface area contributed by atoms with Gasteiger partial charge in [-0.15, -0.1) is 17.0 Å². The summed E-state index contributed by atoms with van der Waals surface area (Å²) >= 11 is 12.1. The average Bonchev–Trinajstić information content (AvgIpc) is 2.99. The van der Waals surface area contributed by atoms with Gasteiger partial charge in [-0.05, 0) is 49.8 Å². The second-order valence-electron chi connectivity index (χ2n) is 6.92. The molecule has 8 heteroatoms. The van der Waals surface area contributed by atoms with E-state index < -0.39 is 0 Å². The summed E-state index contributed by atoms with van der Waals surface area (Å²) in [6.07, 6.45) is 0.777. The lowest BCUT2D eigenvalue weighted by atomic mass is 10.3. The SMILES string of the molecule is Br.CCN(CC)CCn1c(=N)n(CCCOc2ccc(Cl)cc2Cl)c2ccccc21. The molecule has 0 spiro atoms. The maximum Gasteiger partial charge on any atom is 0.203 e. The van der Waals surface area contributed by atoms with Crippen molar-refractivity contribution >= 4 is 51.2 Å². The molecule has 0 atom stereocenters. The van der Waals surface area contributed by atoms with E-state index in [2.05, 4.69) is 40.0 Å². The summed E-state index contributed by atoms with van der Waals surface area (Å²) in [5, 5.41) is 9.83. The zero-order valence-electron chi connectivity index (χ0n) is 17.4. The molecule has 30 heavy (non-hydrogen) atoms. The minimum atomic E-state index is 0. The van der Waals surface area contributed by atoms with Crippen LogP contribution in [0.25, 0.3) is 11.0 Å². The first-order chi connectivity index (χ1) is 14.0. The van der Waals surface area contributed by atoms with Gasteiger partial charge >= 0.3 is 0 Å². The largest absolute Gasteiger partial charge is 0.492 e. The van der Waals surface area contributed by atoms with Gasteiger partial charge in [0, 0.05) is 24.7 Å². The normalized spacial score (nSPS) is 11.1. The van der Waals surface area contributed by atoms with Gasteiger partial charge in [0.25, 0.3) is 0 Å². The summed E-state index contributed by atoms with van der Waals surface area (Å²) in [6, 6.07) is 13.5. The standard InChI is InChI=1S/C22H28Cl2N4O.BrH/c1-3-26(4-2)13-14-28-20-9-6-5-8-19(20)27(22(28)25)12-7-15-29-21-11-10-17(23)16-18(21)24;/h5-6,8-11,16,25H,3-4,7,12-15H2,1-2H3;1H. The number of nitrogens with zero attached hydrogens (tertiary/aromatic N) is 3. The Morgan fingerprint density at radius 1 is 0.967 bits per heavy atom. The van der Waals surface area contributed by atoms with Crippen LogP contribution in [0.2, 0.25) is 10.0 Å². The first kappa shape index (κ1) is 24.8. The van der Waals surface area contributed by atoms with Crippen LogP contribution in [0.4, 0.5) is 0 Å². The predicted molar refractivity (Wildman–Crippen MR) is 130 cm³/mol. The first-order valence-corrected chi connectivity index (χ1v) is 10.8. The van der Waals surface area contributed by atoms with E-state index in [0.717, 1.165) is 43.6 Å². The fourth-order valence-electron chi connectivity index (χ4n) is 3.53. The van der Waals surface area contributed by atoms with Gasteiger partial charge < -0.3 is 18.8 Å². The third-order valence-corrected chi connectivity index (χ3v) is 5.72. The lowest BCUT2D eigenvalue weighted by Gasteiger charge is -2.18. The van der Waals surface area contributed by atoms with Crippen molar-refractivity contribution in [3.8, 4) is 5.75 Å². The van der Waals surface area contributed by atoms with Crippen LogP contribution in [0.1, 0.15) is 20.3 Å². The van der Waals surface area contributed by atoms with Gasteiger partial charge in [0.2, 0.25) is 5.62 Å². The monoisotopic (exact) mass is 514 g/mol. The number of halogens is 3. The van der Waals surface area contributed by atoms with Gasteiger partial charge in [-0.2, -0.15) is 0 Å². The Morgan fingerprint density at radius 2 is 1.60 bits per heavy atom. The van der Waals surface area contributed by atoms with Crippen molar-refractivity contribution in [2.24, 2.45) is 0 Å². The number of hydrogen-bond donors (Lipinski definition) is 1. The van der Waals surface area contributed by atoms with E-state index in [1.807, 2.05) is 12.1 Å². The molecule has 3 aromatic rings. The van der Waals surface area contributed by atoms with E-state index in [1.54, 1.807) is 18.2 Å². The smallest absolute Gasteiger partial charge is 0.203 e. The Balaban J connectivity index is 0.00000320. The van der Waals surface area contributed by atoms with Crippen molar-refractivity contribution in [3.05, 3.63) is 58.1 Å². The highest BCUT2D eigenvalue weighted by molar-refractivity contribution is 8.93. The fraction of sp³-hybridized carbons (Fsp3) is 0.409. The van der Waals surface area contributed by atoms with Crippen molar-refractivity contribution in [3.63, 3.8) is 0 Å². The van der Waals surface area contributed by atoms with Crippen LogP contribution in [0, 0.1) is 5.41 Å². The highest BCUT2D eigenvalue weighted by Crippen LogP contribution is 2.27. The van der Waals surface area contributed by atoms with Crippen molar-refractivity contribution < 1.29 is 4.74 Å². The minimum Gasteiger partial charge on any atom is -0.492 e. The van der Waals surface area contributed by atoms with Crippen molar-refractivity contribution in [2.45, 2.75) is 33.4 Å². The van der Waals surface area contributed by atoms with Gasteiger partial charge in [-0.3, -0.25) is 5.41 Å². The molecule has 2 aromatic carbocycles. The Kier molecular flexibility index (Phi) is 9.75. The first-order valence-electron chi connectivity index (χ1n) is 10.1. The predicted octanol–water partition coefficient (Wildman–Crippen LogP) is 5.62. The molecule has 3 rings (SSSR count). The zero-order chi connectivity index (χ0) is 20.8. The topological polar surface area (TPSA) is 46.2 Å². The summed E-state index contributed by atoms with van der Waals surface area (Å²) in [5.74, 6) is 0.633. The van der Waals surface area contributed by atoms with Crippen LogP contribution >= 0.6 is 40.2 Å². The Bertz CT molecular complexity index is 1010. The van der Waals surface area contributed by atoms with E-state index in [0.29, 0.717) is 34.6 Å². The number of fused-ring (bicyclic) bond motifs is 1. The number of ether oxygens (including phenoxy) is 1. The molecule has 1 aromatic heterocycles. The van der Waals surface area contributed by atoms with E-state index in [4.69, 9.17) is 33.3 Å². The van der Waals surface area contributed by atoms with Gasteiger partial charge in [-0.25, -0.2) is 0 Å². The maximum absolute atomic E-state index is 8.72. The van der Waals surface area contributed by atoms with Crippen LogP contribution in [-0.4, -0.2) is 40.3 Å². The number of benzene rings is 2. The zero-order valence-corrected chi connectivity index (χ0v) is 20.6. The molecule has 0 saturated heterocycles. The van der Waals surface area contributed by atoms with Crippen LogP contribution in [0.15, 0.2) is 42.5 Å². The fourth-order valence-corrected chi connectivity index (χ4v) is 3.99. The molecule has 5 nitrogen and oxygen atoms in total. The number of nitrogens with one attached hydrogen (secondary N) is 1. The van der Waals surface area contributed by atoms with Crippen LogP contribution in [0.5, 0.6) is 5.75 Å². The third-order valence-electron chi connectivity index (χ3n) is 5.19. The molecule has 0 fully saturated rings. The molecule has 1 N–H and O–H groups in total. The number of para-hydroxylation sites is 2. The number of imidazole rings is 1. The van der Waals surface area contributed by atoms with Crippen molar-refractivity contribution in [1.29, 1.82) is 5.41 Å². The second-order valence-corrected chi connectivity index (χ2v) is 7.76. The van der Waals surface area contributed by atoms with E-state index in [1.165, 1.54) is 0 Å². The second kappa shape index (κ2) is 11.8. The minimum absolute atomic E-state index is 0. The highest BCUT2D eigenvalue weighted by atomic mass is 79.9. The molecule has 0 aliphatic carbocycles. The number of likely N-dealkylation sites (N-methyl/N-ethyl adjacent to an activating group) is 1. The summed E-state index contributed by atoms with van der Waals surface area (Å²) in [6.45, 7) is 9.37.